The molecule has 1 aliphatic rings. The predicted molar refractivity (Wildman–Crippen MR) is 124 cm³/mol. The second-order valence-electron chi connectivity index (χ2n) is 8.25. The molecule has 2 aromatic carbocycles. The van der Waals surface area contributed by atoms with Crippen molar-refractivity contribution in [2.75, 3.05) is 27.3 Å². The fraction of sp³-hybridized carbons (Fsp3) is 0.480. The summed E-state index contributed by atoms with van der Waals surface area (Å²) in [6.07, 6.45) is 1.83. The van der Waals surface area contributed by atoms with Gasteiger partial charge in [-0.15, -0.1) is 0 Å². The van der Waals surface area contributed by atoms with Gasteiger partial charge in [0.2, 0.25) is 0 Å². The summed E-state index contributed by atoms with van der Waals surface area (Å²) in [5.41, 5.74) is 4.95. The van der Waals surface area contributed by atoms with Crippen LogP contribution in [0.4, 0.5) is 4.79 Å². The highest BCUT2D eigenvalue weighted by Gasteiger charge is 2.33. The molecule has 2 atom stereocenters. The molecule has 0 unspecified atom stereocenters. The summed E-state index contributed by atoms with van der Waals surface area (Å²) in [4.78, 5) is 14.9. The first-order chi connectivity index (χ1) is 15.0. The van der Waals surface area contributed by atoms with E-state index >= 15 is 0 Å². The number of aryl methyl sites for hydroxylation is 1. The predicted octanol–water partition coefficient (Wildman–Crippen LogP) is 4.21. The van der Waals surface area contributed by atoms with E-state index in [0.29, 0.717) is 12.3 Å². The molecule has 0 radical (unpaired) electrons. The van der Waals surface area contributed by atoms with E-state index < -0.39 is 0 Å². The Kier molecular flexibility index (Phi) is 7.80. The van der Waals surface area contributed by atoms with Crippen molar-refractivity contribution >= 4 is 6.03 Å². The Balaban J connectivity index is 1.94. The Morgan fingerprint density at radius 1 is 1.19 bits per heavy atom. The van der Waals surface area contributed by atoms with Gasteiger partial charge in [0.15, 0.2) is 11.5 Å². The van der Waals surface area contributed by atoms with Crippen LogP contribution >= 0.6 is 0 Å². The first-order valence-electron chi connectivity index (χ1n) is 11.1. The molecule has 31 heavy (non-hydrogen) atoms. The van der Waals surface area contributed by atoms with Crippen LogP contribution in [0.3, 0.4) is 0 Å². The van der Waals surface area contributed by atoms with E-state index in [9.17, 15) is 4.79 Å². The van der Waals surface area contributed by atoms with E-state index in [-0.39, 0.29) is 18.1 Å². The third kappa shape index (κ3) is 5.50. The van der Waals surface area contributed by atoms with Gasteiger partial charge in [-0.25, -0.2) is 4.79 Å². The van der Waals surface area contributed by atoms with Crippen molar-refractivity contribution in [3.8, 4) is 11.5 Å². The van der Waals surface area contributed by atoms with Crippen molar-refractivity contribution in [1.29, 1.82) is 0 Å². The van der Waals surface area contributed by atoms with Gasteiger partial charge in [-0.2, -0.15) is 0 Å². The highest BCUT2D eigenvalue weighted by Crippen LogP contribution is 2.40. The average Bonchev–Trinajstić information content (AvgIpc) is 2.76. The Bertz CT molecular complexity index is 900. The van der Waals surface area contributed by atoms with Crippen LogP contribution in [0.5, 0.6) is 11.5 Å². The third-order valence-corrected chi connectivity index (χ3v) is 5.86. The number of carbonyl (C=O) groups is 1. The van der Waals surface area contributed by atoms with Gasteiger partial charge in [0.25, 0.3) is 0 Å². The number of hydrogen-bond donors (Lipinski definition) is 2. The van der Waals surface area contributed by atoms with Crippen LogP contribution in [0.15, 0.2) is 36.4 Å². The highest BCUT2D eigenvalue weighted by molar-refractivity contribution is 5.74. The summed E-state index contributed by atoms with van der Waals surface area (Å²) in [7, 11) is 3.32. The number of urea groups is 1. The number of benzene rings is 2. The molecule has 6 heteroatoms. The number of carbonyl (C=O) groups excluding carboxylic acids is 1. The molecule has 1 aliphatic heterocycles. The minimum atomic E-state index is -0.127. The second-order valence-corrected chi connectivity index (χ2v) is 8.25. The van der Waals surface area contributed by atoms with E-state index in [2.05, 4.69) is 65.8 Å². The van der Waals surface area contributed by atoms with Gasteiger partial charge >= 0.3 is 6.03 Å². The fourth-order valence-corrected chi connectivity index (χ4v) is 4.41. The molecule has 3 rings (SSSR count). The molecule has 0 spiro atoms. The molecular weight excluding hydrogens is 390 g/mol. The minimum Gasteiger partial charge on any atom is -0.493 e. The van der Waals surface area contributed by atoms with Gasteiger partial charge in [0.1, 0.15) is 0 Å². The Labute approximate surface area is 185 Å². The molecule has 2 amide bonds. The fourth-order valence-electron chi connectivity index (χ4n) is 4.41. The van der Waals surface area contributed by atoms with Crippen molar-refractivity contribution in [1.82, 2.24) is 15.5 Å². The first-order valence-corrected chi connectivity index (χ1v) is 11.1. The standard InChI is InChI=1S/C25H35N3O3/c1-6-11-26-25(29)27-18(3)24-21-15-23(31-5)22(30-4)14-20(21)10-12-28(24)16-19-9-7-8-17(2)13-19/h7-9,13-15,18,24H,6,10-12,16H2,1-5H3,(H2,26,27,29)/t18-,24-/m1/s1. The molecule has 0 bridgehead atoms. The number of fused-ring (bicyclic) bond motifs is 1. The van der Waals surface area contributed by atoms with Gasteiger partial charge in [-0.05, 0) is 55.5 Å². The van der Waals surface area contributed by atoms with Crippen LogP contribution in [-0.4, -0.2) is 44.3 Å². The number of hydrogen-bond acceptors (Lipinski definition) is 4. The van der Waals surface area contributed by atoms with E-state index in [0.717, 1.165) is 31.7 Å². The maximum atomic E-state index is 12.4. The number of rotatable bonds is 8. The van der Waals surface area contributed by atoms with Crippen LogP contribution in [0.2, 0.25) is 0 Å². The molecule has 1 heterocycles. The summed E-state index contributed by atoms with van der Waals surface area (Å²) < 4.78 is 11.1. The van der Waals surface area contributed by atoms with Crippen LogP contribution in [0.25, 0.3) is 0 Å². The monoisotopic (exact) mass is 425 g/mol. The average molecular weight is 426 g/mol. The van der Waals surface area contributed by atoms with Crippen molar-refractivity contribution in [3.63, 3.8) is 0 Å². The maximum Gasteiger partial charge on any atom is 0.315 e. The summed E-state index contributed by atoms with van der Waals surface area (Å²) in [5, 5.41) is 6.08. The lowest BCUT2D eigenvalue weighted by Crippen LogP contribution is -2.50. The van der Waals surface area contributed by atoms with Crippen LogP contribution in [0.1, 0.15) is 48.6 Å². The molecule has 0 saturated heterocycles. The number of amides is 2. The van der Waals surface area contributed by atoms with E-state index in [1.54, 1.807) is 14.2 Å². The molecule has 0 fully saturated rings. The maximum absolute atomic E-state index is 12.4. The first kappa shape index (κ1) is 22.9. The van der Waals surface area contributed by atoms with Gasteiger partial charge in [-0.3, -0.25) is 4.90 Å². The van der Waals surface area contributed by atoms with Gasteiger partial charge < -0.3 is 20.1 Å². The zero-order valence-electron chi connectivity index (χ0n) is 19.3. The Morgan fingerprint density at radius 3 is 2.61 bits per heavy atom. The van der Waals surface area contributed by atoms with Crippen LogP contribution in [-0.2, 0) is 13.0 Å². The molecule has 0 aromatic heterocycles. The summed E-state index contributed by atoms with van der Waals surface area (Å²) in [5.74, 6) is 1.46. The SMILES string of the molecule is CCCNC(=O)N[C@H](C)[C@@H]1c2cc(OC)c(OC)cc2CCN1Cc1cccc(C)c1. The van der Waals surface area contributed by atoms with Gasteiger partial charge in [-0.1, -0.05) is 36.8 Å². The highest BCUT2D eigenvalue weighted by atomic mass is 16.5. The van der Waals surface area contributed by atoms with Crippen molar-refractivity contribution in [2.45, 2.75) is 52.2 Å². The lowest BCUT2D eigenvalue weighted by atomic mass is 9.87. The van der Waals surface area contributed by atoms with E-state index in [1.165, 1.54) is 22.3 Å². The largest absolute Gasteiger partial charge is 0.493 e. The molecule has 0 saturated carbocycles. The number of nitrogens with zero attached hydrogens (tertiary/aromatic N) is 1. The molecule has 6 nitrogen and oxygen atoms in total. The minimum absolute atomic E-state index is 0.0245. The van der Waals surface area contributed by atoms with Crippen LogP contribution < -0.4 is 20.1 Å². The van der Waals surface area contributed by atoms with Crippen LogP contribution in [0, 0.1) is 6.92 Å². The van der Waals surface area contributed by atoms with Crippen molar-refractivity contribution < 1.29 is 14.3 Å². The molecule has 2 N–H and O–H groups in total. The smallest absolute Gasteiger partial charge is 0.315 e. The number of methoxy groups -OCH3 is 2. The molecule has 2 aromatic rings. The zero-order valence-corrected chi connectivity index (χ0v) is 19.3. The van der Waals surface area contributed by atoms with Crippen molar-refractivity contribution in [3.05, 3.63) is 58.7 Å². The zero-order chi connectivity index (χ0) is 22.4. The summed E-state index contributed by atoms with van der Waals surface area (Å²) >= 11 is 0. The second kappa shape index (κ2) is 10.5. The molecule has 0 aliphatic carbocycles. The van der Waals surface area contributed by atoms with Gasteiger partial charge in [0, 0.05) is 25.7 Å². The Hall–Kier alpha value is -2.73. The summed E-state index contributed by atoms with van der Waals surface area (Å²) in [6, 6.07) is 12.6. The summed E-state index contributed by atoms with van der Waals surface area (Å²) in [6.45, 7) is 8.63. The normalized spacial score (nSPS) is 16.9. The Morgan fingerprint density at radius 2 is 1.94 bits per heavy atom. The number of nitrogens with one attached hydrogen (secondary N) is 2. The lowest BCUT2D eigenvalue weighted by molar-refractivity contribution is 0.143. The van der Waals surface area contributed by atoms with E-state index in [4.69, 9.17) is 9.47 Å². The van der Waals surface area contributed by atoms with Gasteiger partial charge in [0.05, 0.1) is 20.3 Å². The quantitative estimate of drug-likeness (QED) is 0.665. The topological polar surface area (TPSA) is 62.8 Å². The lowest BCUT2D eigenvalue weighted by Gasteiger charge is -2.41. The third-order valence-electron chi connectivity index (χ3n) is 5.86. The van der Waals surface area contributed by atoms with E-state index in [1.807, 2.05) is 6.92 Å². The van der Waals surface area contributed by atoms with Crippen molar-refractivity contribution in [2.24, 2.45) is 0 Å². The molecular formula is C25H35N3O3. The molecule has 168 valence electrons. The number of ether oxygens (including phenoxy) is 2.